The summed E-state index contributed by atoms with van der Waals surface area (Å²) in [5.74, 6) is 0. The Bertz CT molecular complexity index is 253. The monoisotopic (exact) mass is 368 g/mol. The third-order valence-corrected chi connectivity index (χ3v) is 6.15. The summed E-state index contributed by atoms with van der Waals surface area (Å²) in [6.45, 7) is 11.2. The zero-order chi connectivity index (χ0) is 19.3. The molecule has 0 radical (unpaired) electrons. The highest BCUT2D eigenvalue weighted by Crippen LogP contribution is 2.15. The second-order valence-corrected chi connectivity index (χ2v) is 9.09. The molecule has 0 amide bonds. The Balaban J connectivity index is 3.44. The predicted octanol–water partition coefficient (Wildman–Crippen LogP) is 8.51. The number of hydrogen-bond donors (Lipinski definition) is 0. The van der Waals surface area contributed by atoms with Crippen LogP contribution in [0.1, 0.15) is 136 Å². The molecule has 0 atom stereocenters. The van der Waals surface area contributed by atoms with Gasteiger partial charge in [0.15, 0.2) is 0 Å². The Morgan fingerprint density at radius 2 is 0.615 bits per heavy atom. The molecule has 0 aliphatic heterocycles. The molecule has 1 nitrogen and oxygen atoms in total. The molecule has 26 heavy (non-hydrogen) atoms. The summed E-state index contributed by atoms with van der Waals surface area (Å²) < 4.78 is 1.33. The van der Waals surface area contributed by atoms with Crippen LogP contribution >= 0.6 is 0 Å². The molecule has 0 aliphatic carbocycles. The lowest BCUT2D eigenvalue weighted by molar-refractivity contribution is -0.910. The van der Waals surface area contributed by atoms with Crippen molar-refractivity contribution in [2.45, 2.75) is 136 Å². The fraction of sp³-hybridized carbons (Fsp3) is 1.00. The first-order chi connectivity index (χ1) is 12.7. The standard InChI is InChI=1S/C25H54N/c1-5-8-11-12-13-14-15-16-17-18-19-20-21-22-25-26(4,23-9-6-2)24-10-7-3/h5-25H2,1-4H3/q+1. The van der Waals surface area contributed by atoms with Crippen LogP contribution in [0, 0.1) is 0 Å². The minimum atomic E-state index is 1.33. The van der Waals surface area contributed by atoms with Crippen LogP contribution in [-0.2, 0) is 0 Å². The zero-order valence-corrected chi connectivity index (χ0v) is 19.3. The van der Waals surface area contributed by atoms with Crippen LogP contribution in [0.3, 0.4) is 0 Å². The van der Waals surface area contributed by atoms with Crippen molar-refractivity contribution in [3.8, 4) is 0 Å². The summed E-state index contributed by atoms with van der Waals surface area (Å²) in [6, 6.07) is 0. The van der Waals surface area contributed by atoms with Crippen molar-refractivity contribution in [3.05, 3.63) is 0 Å². The maximum absolute atomic E-state index is 2.51. The van der Waals surface area contributed by atoms with Gasteiger partial charge in [0, 0.05) is 0 Å². The molecular weight excluding hydrogens is 314 g/mol. The van der Waals surface area contributed by atoms with E-state index in [0.29, 0.717) is 0 Å². The average molecular weight is 369 g/mol. The molecule has 0 bridgehead atoms. The van der Waals surface area contributed by atoms with E-state index in [0.717, 1.165) is 0 Å². The molecule has 0 heterocycles. The Kier molecular flexibility index (Phi) is 19.7. The van der Waals surface area contributed by atoms with Gasteiger partial charge in [-0.1, -0.05) is 111 Å². The van der Waals surface area contributed by atoms with Crippen molar-refractivity contribution < 1.29 is 4.48 Å². The van der Waals surface area contributed by atoms with E-state index >= 15 is 0 Å². The van der Waals surface area contributed by atoms with E-state index in [1.807, 2.05) is 0 Å². The number of nitrogens with zero attached hydrogens (tertiary/aromatic N) is 1. The lowest BCUT2D eigenvalue weighted by Crippen LogP contribution is -2.46. The number of quaternary nitrogens is 1. The molecule has 0 aromatic heterocycles. The third kappa shape index (κ3) is 17.4. The van der Waals surface area contributed by atoms with Gasteiger partial charge in [-0.15, -0.1) is 0 Å². The van der Waals surface area contributed by atoms with Gasteiger partial charge in [-0.25, -0.2) is 0 Å². The van der Waals surface area contributed by atoms with Gasteiger partial charge in [0.25, 0.3) is 0 Å². The fourth-order valence-corrected chi connectivity index (χ4v) is 4.10. The van der Waals surface area contributed by atoms with E-state index in [9.17, 15) is 0 Å². The highest BCUT2D eigenvalue weighted by Gasteiger charge is 2.19. The van der Waals surface area contributed by atoms with Crippen LogP contribution in [0.2, 0.25) is 0 Å². The fourth-order valence-electron chi connectivity index (χ4n) is 4.10. The molecule has 0 saturated heterocycles. The van der Waals surface area contributed by atoms with Gasteiger partial charge >= 0.3 is 0 Å². The van der Waals surface area contributed by atoms with Crippen molar-refractivity contribution in [3.63, 3.8) is 0 Å². The number of unbranched alkanes of at least 4 members (excludes halogenated alkanes) is 15. The van der Waals surface area contributed by atoms with Crippen molar-refractivity contribution in [1.29, 1.82) is 0 Å². The first-order valence-electron chi connectivity index (χ1n) is 12.5. The predicted molar refractivity (Wildman–Crippen MR) is 121 cm³/mol. The summed E-state index contributed by atoms with van der Waals surface area (Å²) in [5.41, 5.74) is 0. The van der Waals surface area contributed by atoms with Crippen LogP contribution in [0.25, 0.3) is 0 Å². The molecule has 0 aliphatic rings. The maximum atomic E-state index is 2.51. The smallest absolute Gasteiger partial charge is 0.0784 e. The Morgan fingerprint density at radius 1 is 0.346 bits per heavy atom. The lowest BCUT2D eigenvalue weighted by Gasteiger charge is -2.35. The van der Waals surface area contributed by atoms with Gasteiger partial charge in [-0.05, 0) is 25.7 Å². The van der Waals surface area contributed by atoms with Crippen molar-refractivity contribution in [2.24, 2.45) is 0 Å². The SMILES string of the molecule is CCCCCCCCCCCCCCCC[N+](C)(CCCC)CCCC. The summed E-state index contributed by atoms with van der Waals surface area (Å²) in [4.78, 5) is 0. The summed E-state index contributed by atoms with van der Waals surface area (Å²) in [5, 5.41) is 0. The largest absolute Gasteiger partial charge is 0.326 e. The minimum absolute atomic E-state index is 1.33. The van der Waals surface area contributed by atoms with Crippen LogP contribution in [0.5, 0.6) is 0 Å². The van der Waals surface area contributed by atoms with Gasteiger partial charge in [-0.2, -0.15) is 0 Å². The highest BCUT2D eigenvalue weighted by atomic mass is 15.3. The molecular formula is C25H54N+. The molecule has 0 rings (SSSR count). The van der Waals surface area contributed by atoms with Gasteiger partial charge in [-0.3, -0.25) is 0 Å². The van der Waals surface area contributed by atoms with Gasteiger partial charge in [0.05, 0.1) is 26.7 Å². The zero-order valence-electron chi connectivity index (χ0n) is 19.3. The number of rotatable bonds is 21. The maximum Gasteiger partial charge on any atom is 0.0784 e. The quantitative estimate of drug-likeness (QED) is 0.141. The summed E-state index contributed by atoms with van der Waals surface area (Å²) in [7, 11) is 2.51. The van der Waals surface area contributed by atoms with Crippen LogP contribution in [0.4, 0.5) is 0 Å². The first kappa shape index (κ1) is 26.0. The number of hydrogen-bond acceptors (Lipinski definition) is 0. The van der Waals surface area contributed by atoms with E-state index in [-0.39, 0.29) is 0 Å². The summed E-state index contributed by atoms with van der Waals surface area (Å²) in [6.07, 6.45) is 26.0. The summed E-state index contributed by atoms with van der Waals surface area (Å²) >= 11 is 0. The van der Waals surface area contributed by atoms with E-state index in [2.05, 4.69) is 27.8 Å². The van der Waals surface area contributed by atoms with Crippen LogP contribution < -0.4 is 0 Å². The Morgan fingerprint density at radius 3 is 0.962 bits per heavy atom. The van der Waals surface area contributed by atoms with Gasteiger partial charge < -0.3 is 4.48 Å². The molecule has 1 heteroatoms. The molecule has 0 spiro atoms. The van der Waals surface area contributed by atoms with Crippen molar-refractivity contribution in [1.82, 2.24) is 0 Å². The highest BCUT2D eigenvalue weighted by molar-refractivity contribution is 4.50. The second kappa shape index (κ2) is 19.7. The van der Waals surface area contributed by atoms with E-state index in [4.69, 9.17) is 0 Å². The first-order valence-corrected chi connectivity index (χ1v) is 12.5. The van der Waals surface area contributed by atoms with E-state index in [1.165, 1.54) is 140 Å². The Labute approximate surface area is 167 Å². The van der Waals surface area contributed by atoms with Crippen LogP contribution in [0.15, 0.2) is 0 Å². The average Bonchev–Trinajstić information content (AvgIpc) is 2.65. The Hall–Kier alpha value is -0.0400. The van der Waals surface area contributed by atoms with Gasteiger partial charge in [0.1, 0.15) is 0 Å². The lowest BCUT2D eigenvalue weighted by atomic mass is 10.0. The molecule has 158 valence electrons. The van der Waals surface area contributed by atoms with E-state index < -0.39 is 0 Å². The van der Waals surface area contributed by atoms with E-state index in [1.54, 1.807) is 0 Å². The molecule has 0 saturated carbocycles. The van der Waals surface area contributed by atoms with Crippen LogP contribution in [-0.4, -0.2) is 31.2 Å². The normalized spacial score (nSPS) is 12.0. The molecule has 0 fully saturated rings. The molecule has 0 unspecified atom stereocenters. The molecule has 0 N–H and O–H groups in total. The minimum Gasteiger partial charge on any atom is -0.326 e. The molecule has 0 aromatic carbocycles. The topological polar surface area (TPSA) is 0 Å². The third-order valence-electron chi connectivity index (χ3n) is 6.15. The molecule has 0 aromatic rings. The van der Waals surface area contributed by atoms with Crippen molar-refractivity contribution >= 4 is 0 Å². The van der Waals surface area contributed by atoms with Gasteiger partial charge in [0.2, 0.25) is 0 Å². The van der Waals surface area contributed by atoms with Crippen molar-refractivity contribution in [2.75, 3.05) is 26.7 Å². The second-order valence-electron chi connectivity index (χ2n) is 9.09.